The first-order valence-corrected chi connectivity index (χ1v) is 6.31. The number of pyridine rings is 1. The average molecular weight is 405 g/mol. The molecule has 0 radical (unpaired) electrons. The number of fused-ring (bicyclic) bond motifs is 1. The maximum atomic E-state index is 6.03. The second-order valence-electron chi connectivity index (χ2n) is 4.15. The van der Waals surface area contributed by atoms with Crippen molar-refractivity contribution >= 4 is 52.8 Å². The molecule has 98 valence electrons. The van der Waals surface area contributed by atoms with Crippen molar-refractivity contribution in [3.05, 3.63) is 58.3 Å². The van der Waals surface area contributed by atoms with Gasteiger partial charge in [-0.3, -0.25) is 0 Å². The maximum absolute atomic E-state index is 6.03. The predicted molar refractivity (Wildman–Crippen MR) is 90.8 cm³/mol. The Bertz CT molecular complexity index is 737. The third kappa shape index (κ3) is 2.73. The van der Waals surface area contributed by atoms with E-state index in [2.05, 4.69) is 9.38 Å². The first-order valence-electron chi connectivity index (χ1n) is 5.55. The zero-order valence-electron chi connectivity index (χ0n) is 10.1. The van der Waals surface area contributed by atoms with Gasteiger partial charge in [-0.15, -0.1) is 24.0 Å². The van der Waals surface area contributed by atoms with E-state index in [1.807, 2.05) is 43.5 Å². The SMILES string of the molecule is Cc1cccc2nc(-c3ccc(Cl)c(Cl)c3)cn12.I. The molecular weight excluding hydrogens is 394 g/mol. The summed E-state index contributed by atoms with van der Waals surface area (Å²) in [7, 11) is 0. The highest BCUT2D eigenvalue weighted by atomic mass is 127. The van der Waals surface area contributed by atoms with E-state index in [0.717, 1.165) is 22.6 Å². The molecule has 2 aromatic heterocycles. The molecule has 0 atom stereocenters. The van der Waals surface area contributed by atoms with Crippen LogP contribution in [0.5, 0.6) is 0 Å². The summed E-state index contributed by atoms with van der Waals surface area (Å²) < 4.78 is 2.05. The first-order chi connectivity index (χ1) is 8.65. The smallest absolute Gasteiger partial charge is 0.137 e. The molecule has 2 heterocycles. The molecule has 0 saturated heterocycles. The maximum Gasteiger partial charge on any atom is 0.137 e. The van der Waals surface area contributed by atoms with Gasteiger partial charge in [-0.05, 0) is 31.2 Å². The average Bonchev–Trinajstić information content (AvgIpc) is 2.78. The lowest BCUT2D eigenvalue weighted by Crippen LogP contribution is -1.86. The van der Waals surface area contributed by atoms with Gasteiger partial charge in [0.2, 0.25) is 0 Å². The molecule has 0 saturated carbocycles. The second kappa shape index (κ2) is 5.69. The lowest BCUT2D eigenvalue weighted by molar-refractivity contribution is 1.09. The number of aryl methyl sites for hydroxylation is 1. The van der Waals surface area contributed by atoms with E-state index in [4.69, 9.17) is 23.2 Å². The van der Waals surface area contributed by atoms with Crippen molar-refractivity contribution in [2.24, 2.45) is 0 Å². The van der Waals surface area contributed by atoms with Crippen molar-refractivity contribution in [1.29, 1.82) is 0 Å². The predicted octanol–water partition coefficient (Wildman–Crippen LogP) is 5.23. The Hall–Kier alpha value is -0.780. The molecule has 2 nitrogen and oxygen atoms in total. The van der Waals surface area contributed by atoms with Gasteiger partial charge < -0.3 is 4.40 Å². The van der Waals surface area contributed by atoms with E-state index >= 15 is 0 Å². The van der Waals surface area contributed by atoms with Crippen LogP contribution < -0.4 is 0 Å². The van der Waals surface area contributed by atoms with Crippen LogP contribution in [0, 0.1) is 6.92 Å². The topological polar surface area (TPSA) is 17.3 Å². The monoisotopic (exact) mass is 404 g/mol. The Morgan fingerprint density at radius 2 is 1.84 bits per heavy atom. The summed E-state index contributed by atoms with van der Waals surface area (Å²) in [6.07, 6.45) is 2.00. The van der Waals surface area contributed by atoms with Gasteiger partial charge in [-0.1, -0.05) is 35.3 Å². The van der Waals surface area contributed by atoms with Crippen molar-refractivity contribution in [2.75, 3.05) is 0 Å². The van der Waals surface area contributed by atoms with Crippen LogP contribution in [0.4, 0.5) is 0 Å². The van der Waals surface area contributed by atoms with Gasteiger partial charge in [0.1, 0.15) is 5.65 Å². The highest BCUT2D eigenvalue weighted by Gasteiger charge is 2.07. The number of benzene rings is 1. The van der Waals surface area contributed by atoms with E-state index < -0.39 is 0 Å². The van der Waals surface area contributed by atoms with Crippen LogP contribution in [0.15, 0.2) is 42.6 Å². The van der Waals surface area contributed by atoms with Crippen LogP contribution in [0.25, 0.3) is 16.9 Å². The van der Waals surface area contributed by atoms with Gasteiger partial charge in [0.15, 0.2) is 0 Å². The zero-order chi connectivity index (χ0) is 12.7. The highest BCUT2D eigenvalue weighted by molar-refractivity contribution is 14.0. The summed E-state index contributed by atoms with van der Waals surface area (Å²) in [5.41, 5.74) is 3.93. The fourth-order valence-electron chi connectivity index (χ4n) is 1.94. The fraction of sp³-hybridized carbons (Fsp3) is 0.0714. The summed E-state index contributed by atoms with van der Waals surface area (Å²) >= 11 is 11.9. The molecule has 5 heteroatoms. The second-order valence-corrected chi connectivity index (χ2v) is 4.96. The molecule has 0 aliphatic rings. The molecule has 3 aromatic rings. The molecule has 3 rings (SSSR count). The van der Waals surface area contributed by atoms with Gasteiger partial charge in [0.05, 0.1) is 15.7 Å². The molecular formula is C14H11Cl2IN2. The number of hydrogen-bond acceptors (Lipinski definition) is 1. The molecule has 0 bridgehead atoms. The van der Waals surface area contributed by atoms with Crippen molar-refractivity contribution in [2.45, 2.75) is 6.92 Å². The van der Waals surface area contributed by atoms with Gasteiger partial charge in [0.25, 0.3) is 0 Å². The summed E-state index contributed by atoms with van der Waals surface area (Å²) in [6.45, 7) is 2.05. The number of nitrogens with zero attached hydrogens (tertiary/aromatic N) is 2. The molecule has 0 fully saturated rings. The van der Waals surface area contributed by atoms with Crippen LogP contribution in [-0.4, -0.2) is 9.38 Å². The van der Waals surface area contributed by atoms with E-state index in [9.17, 15) is 0 Å². The Kier molecular flexibility index (Phi) is 4.38. The van der Waals surface area contributed by atoms with Crippen LogP contribution in [0.2, 0.25) is 10.0 Å². The standard InChI is InChI=1S/C14H10Cl2N2.HI/c1-9-3-2-4-14-17-13(8-18(9)14)10-5-6-11(15)12(16)7-10;/h2-8H,1H3;1H. The molecule has 19 heavy (non-hydrogen) atoms. The van der Waals surface area contributed by atoms with Crippen LogP contribution >= 0.6 is 47.2 Å². The minimum atomic E-state index is 0. The van der Waals surface area contributed by atoms with Crippen LogP contribution in [-0.2, 0) is 0 Å². The quantitative estimate of drug-likeness (QED) is 0.507. The number of imidazole rings is 1. The van der Waals surface area contributed by atoms with Crippen molar-refractivity contribution in [3.8, 4) is 11.3 Å². The molecule has 0 aliphatic heterocycles. The Morgan fingerprint density at radius 1 is 1.05 bits per heavy atom. The van der Waals surface area contributed by atoms with Crippen molar-refractivity contribution < 1.29 is 0 Å². The van der Waals surface area contributed by atoms with Gasteiger partial charge in [-0.2, -0.15) is 0 Å². The molecule has 1 aromatic carbocycles. The third-order valence-electron chi connectivity index (χ3n) is 2.91. The molecule has 0 N–H and O–H groups in total. The largest absolute Gasteiger partial charge is 0.304 e. The van der Waals surface area contributed by atoms with E-state index in [1.165, 1.54) is 0 Å². The molecule has 0 amide bonds. The van der Waals surface area contributed by atoms with Crippen molar-refractivity contribution in [3.63, 3.8) is 0 Å². The first kappa shape index (κ1) is 14.6. The summed E-state index contributed by atoms with van der Waals surface area (Å²) in [6, 6.07) is 11.6. The number of aromatic nitrogens is 2. The summed E-state index contributed by atoms with van der Waals surface area (Å²) in [4.78, 5) is 4.58. The van der Waals surface area contributed by atoms with Gasteiger partial charge in [-0.25, -0.2) is 4.98 Å². The minimum absolute atomic E-state index is 0. The minimum Gasteiger partial charge on any atom is -0.304 e. The van der Waals surface area contributed by atoms with E-state index in [0.29, 0.717) is 10.0 Å². The Morgan fingerprint density at radius 3 is 2.53 bits per heavy atom. The Balaban J connectivity index is 0.00000133. The fourth-order valence-corrected chi connectivity index (χ4v) is 2.24. The van der Waals surface area contributed by atoms with Gasteiger partial charge in [0, 0.05) is 17.5 Å². The third-order valence-corrected chi connectivity index (χ3v) is 3.65. The normalized spacial score (nSPS) is 10.5. The van der Waals surface area contributed by atoms with E-state index in [-0.39, 0.29) is 24.0 Å². The number of hydrogen-bond donors (Lipinski definition) is 0. The van der Waals surface area contributed by atoms with Gasteiger partial charge >= 0.3 is 0 Å². The summed E-state index contributed by atoms with van der Waals surface area (Å²) in [5.74, 6) is 0. The Labute approximate surface area is 138 Å². The molecule has 0 spiro atoms. The van der Waals surface area contributed by atoms with Crippen LogP contribution in [0.3, 0.4) is 0 Å². The van der Waals surface area contributed by atoms with E-state index in [1.54, 1.807) is 6.07 Å². The number of rotatable bonds is 1. The van der Waals surface area contributed by atoms with Crippen molar-refractivity contribution in [1.82, 2.24) is 9.38 Å². The molecule has 0 aliphatic carbocycles. The van der Waals surface area contributed by atoms with Crippen LogP contribution in [0.1, 0.15) is 5.69 Å². The number of halogens is 3. The summed E-state index contributed by atoms with van der Waals surface area (Å²) in [5, 5.41) is 1.10. The lowest BCUT2D eigenvalue weighted by atomic mass is 10.2. The lowest BCUT2D eigenvalue weighted by Gasteiger charge is -1.99. The highest BCUT2D eigenvalue weighted by Crippen LogP contribution is 2.28. The molecule has 0 unspecified atom stereocenters. The zero-order valence-corrected chi connectivity index (χ0v) is 13.9.